The summed E-state index contributed by atoms with van der Waals surface area (Å²) in [5.74, 6) is 0.718. The van der Waals surface area contributed by atoms with Crippen molar-refractivity contribution < 1.29 is 4.74 Å². The molecule has 0 saturated heterocycles. The molecule has 0 saturated carbocycles. The van der Waals surface area contributed by atoms with E-state index in [4.69, 9.17) is 4.74 Å². The van der Waals surface area contributed by atoms with Gasteiger partial charge in [-0.05, 0) is 38.6 Å². The van der Waals surface area contributed by atoms with Gasteiger partial charge in [-0.25, -0.2) is 4.79 Å². The summed E-state index contributed by atoms with van der Waals surface area (Å²) < 4.78 is 7.12. The lowest BCUT2D eigenvalue weighted by molar-refractivity contribution is 0.304. The van der Waals surface area contributed by atoms with Crippen LogP contribution in [0.3, 0.4) is 0 Å². The summed E-state index contributed by atoms with van der Waals surface area (Å²) in [6.07, 6.45) is 5.98. The van der Waals surface area contributed by atoms with Gasteiger partial charge in [0, 0.05) is 18.3 Å². The van der Waals surface area contributed by atoms with Gasteiger partial charge in [0.1, 0.15) is 5.75 Å². The molecule has 1 aromatic carbocycles. The summed E-state index contributed by atoms with van der Waals surface area (Å²) in [7, 11) is 1.96. The summed E-state index contributed by atoms with van der Waals surface area (Å²) >= 11 is 0. The van der Waals surface area contributed by atoms with E-state index in [1.54, 1.807) is 12.1 Å². The fourth-order valence-corrected chi connectivity index (χ4v) is 2.29. The van der Waals surface area contributed by atoms with Crippen molar-refractivity contribution in [2.24, 2.45) is 0 Å². The van der Waals surface area contributed by atoms with Gasteiger partial charge < -0.3 is 10.1 Å². The van der Waals surface area contributed by atoms with Crippen molar-refractivity contribution in [1.82, 2.24) is 14.9 Å². The molecule has 2 rings (SSSR count). The summed E-state index contributed by atoms with van der Waals surface area (Å²) in [5.41, 5.74) is -0.200. The first-order chi connectivity index (χ1) is 11.2. The Morgan fingerprint density at radius 1 is 1.13 bits per heavy atom. The molecule has 2 N–H and O–H groups in total. The van der Waals surface area contributed by atoms with Crippen molar-refractivity contribution in [2.45, 2.75) is 25.7 Å². The Labute approximate surface area is 135 Å². The van der Waals surface area contributed by atoms with Gasteiger partial charge in [0.25, 0.3) is 5.56 Å². The van der Waals surface area contributed by atoms with E-state index < -0.39 is 11.2 Å². The van der Waals surface area contributed by atoms with Crippen LogP contribution in [0.1, 0.15) is 25.7 Å². The van der Waals surface area contributed by atoms with E-state index in [0.717, 1.165) is 25.1 Å². The van der Waals surface area contributed by atoms with Gasteiger partial charge in [-0.3, -0.25) is 14.3 Å². The molecular formula is C17H23N3O3. The molecule has 6 heteroatoms. The molecule has 0 fully saturated rings. The Bertz CT molecular complexity index is 721. The summed E-state index contributed by atoms with van der Waals surface area (Å²) in [6, 6.07) is 8.60. The van der Waals surface area contributed by atoms with E-state index in [1.165, 1.54) is 29.7 Å². The van der Waals surface area contributed by atoms with Crippen molar-refractivity contribution in [2.75, 3.05) is 20.2 Å². The molecule has 0 unspecified atom stereocenters. The van der Waals surface area contributed by atoms with E-state index in [9.17, 15) is 9.59 Å². The lowest BCUT2D eigenvalue weighted by Gasteiger charge is -2.09. The molecule has 6 nitrogen and oxygen atoms in total. The highest BCUT2D eigenvalue weighted by atomic mass is 16.5. The smallest absolute Gasteiger partial charge is 0.332 e. The average Bonchev–Trinajstić information content (AvgIpc) is 2.54. The lowest BCUT2D eigenvalue weighted by Crippen LogP contribution is -2.27. The maximum Gasteiger partial charge on any atom is 0.332 e. The number of unbranched alkanes of at least 4 members (excludes halogenated alkanes) is 3. The van der Waals surface area contributed by atoms with E-state index in [1.807, 2.05) is 19.2 Å². The van der Waals surface area contributed by atoms with Crippen LogP contribution in [0.2, 0.25) is 0 Å². The van der Waals surface area contributed by atoms with Crippen LogP contribution in [0.4, 0.5) is 0 Å². The quantitative estimate of drug-likeness (QED) is 0.690. The van der Waals surface area contributed by atoms with Gasteiger partial charge in [-0.2, -0.15) is 0 Å². The van der Waals surface area contributed by atoms with Gasteiger partial charge in [-0.1, -0.05) is 18.9 Å². The summed E-state index contributed by atoms with van der Waals surface area (Å²) in [6.45, 7) is 1.71. The summed E-state index contributed by atoms with van der Waals surface area (Å²) in [4.78, 5) is 25.1. The van der Waals surface area contributed by atoms with Gasteiger partial charge in [-0.15, -0.1) is 0 Å². The minimum absolute atomic E-state index is 0.406. The molecule has 0 aliphatic heterocycles. The number of hydrogen-bond acceptors (Lipinski definition) is 4. The van der Waals surface area contributed by atoms with Crippen molar-refractivity contribution in [3.8, 4) is 11.4 Å². The largest absolute Gasteiger partial charge is 0.494 e. The SMILES string of the molecule is CNCCCCCCOc1cccc(-n2ccc(=O)[nH]c2=O)c1. The third-order valence-corrected chi connectivity index (χ3v) is 3.51. The standard InChI is InChI=1S/C17H23N3O3/c1-18-10-4-2-3-5-12-23-15-8-6-7-14(13-15)20-11-9-16(21)19-17(20)22/h6-9,11,13,18H,2-5,10,12H2,1H3,(H,19,21,22). The Kier molecular flexibility index (Phi) is 6.62. The van der Waals surface area contributed by atoms with Crippen molar-refractivity contribution in [3.05, 3.63) is 57.4 Å². The Balaban J connectivity index is 1.90. The summed E-state index contributed by atoms with van der Waals surface area (Å²) in [5, 5.41) is 3.13. The van der Waals surface area contributed by atoms with Gasteiger partial charge >= 0.3 is 5.69 Å². The van der Waals surface area contributed by atoms with Gasteiger partial charge in [0.15, 0.2) is 0 Å². The second-order valence-electron chi connectivity index (χ2n) is 5.34. The molecule has 0 aliphatic rings. The number of aromatic nitrogens is 2. The highest BCUT2D eigenvalue weighted by Crippen LogP contribution is 2.16. The number of aromatic amines is 1. The predicted molar refractivity (Wildman–Crippen MR) is 90.5 cm³/mol. The number of rotatable bonds is 9. The molecule has 0 atom stereocenters. The highest BCUT2D eigenvalue weighted by Gasteiger charge is 2.02. The molecule has 0 aliphatic carbocycles. The second-order valence-corrected chi connectivity index (χ2v) is 5.34. The first-order valence-electron chi connectivity index (χ1n) is 7.90. The zero-order chi connectivity index (χ0) is 16.5. The number of H-pyrrole nitrogens is 1. The van der Waals surface area contributed by atoms with E-state index in [2.05, 4.69) is 10.3 Å². The van der Waals surface area contributed by atoms with Crippen LogP contribution >= 0.6 is 0 Å². The fourth-order valence-electron chi connectivity index (χ4n) is 2.29. The van der Waals surface area contributed by atoms with Crippen molar-refractivity contribution in [3.63, 3.8) is 0 Å². The Morgan fingerprint density at radius 3 is 2.74 bits per heavy atom. The molecular weight excluding hydrogens is 294 g/mol. The molecule has 0 radical (unpaired) electrons. The van der Waals surface area contributed by atoms with Crippen LogP contribution in [-0.4, -0.2) is 29.8 Å². The molecule has 0 spiro atoms. The minimum atomic E-state index is -0.459. The van der Waals surface area contributed by atoms with Gasteiger partial charge in [0.2, 0.25) is 0 Å². The number of nitrogens with one attached hydrogen (secondary N) is 2. The topological polar surface area (TPSA) is 76.1 Å². The molecule has 1 aromatic heterocycles. The molecule has 1 heterocycles. The van der Waals surface area contributed by atoms with E-state index >= 15 is 0 Å². The molecule has 0 amide bonds. The van der Waals surface area contributed by atoms with Crippen molar-refractivity contribution >= 4 is 0 Å². The fraction of sp³-hybridized carbons (Fsp3) is 0.412. The number of benzene rings is 1. The van der Waals surface area contributed by atoms with Crippen LogP contribution in [0.25, 0.3) is 5.69 Å². The van der Waals surface area contributed by atoms with Crippen LogP contribution in [0.5, 0.6) is 5.75 Å². The Hall–Kier alpha value is -2.34. The van der Waals surface area contributed by atoms with Crippen LogP contribution in [0, 0.1) is 0 Å². The molecule has 124 valence electrons. The number of ether oxygens (including phenoxy) is 1. The zero-order valence-electron chi connectivity index (χ0n) is 13.4. The second kappa shape index (κ2) is 8.95. The van der Waals surface area contributed by atoms with Crippen LogP contribution < -0.4 is 21.3 Å². The third-order valence-electron chi connectivity index (χ3n) is 3.51. The highest BCUT2D eigenvalue weighted by molar-refractivity contribution is 5.39. The van der Waals surface area contributed by atoms with E-state index in [0.29, 0.717) is 12.3 Å². The van der Waals surface area contributed by atoms with E-state index in [-0.39, 0.29) is 0 Å². The normalized spacial score (nSPS) is 10.7. The lowest BCUT2D eigenvalue weighted by atomic mass is 10.2. The third kappa shape index (κ3) is 5.41. The molecule has 0 bridgehead atoms. The average molecular weight is 317 g/mol. The van der Waals surface area contributed by atoms with Crippen molar-refractivity contribution in [1.29, 1.82) is 0 Å². The van der Waals surface area contributed by atoms with Crippen LogP contribution in [0.15, 0.2) is 46.1 Å². The number of hydrogen-bond donors (Lipinski definition) is 2. The number of nitrogens with zero attached hydrogens (tertiary/aromatic N) is 1. The minimum Gasteiger partial charge on any atom is -0.494 e. The first kappa shape index (κ1) is 17.0. The van der Waals surface area contributed by atoms with Crippen LogP contribution in [-0.2, 0) is 0 Å². The van der Waals surface area contributed by atoms with Gasteiger partial charge in [0.05, 0.1) is 12.3 Å². The maximum absolute atomic E-state index is 11.8. The monoisotopic (exact) mass is 317 g/mol. The Morgan fingerprint density at radius 2 is 1.96 bits per heavy atom. The molecule has 2 aromatic rings. The zero-order valence-corrected chi connectivity index (χ0v) is 13.4. The predicted octanol–water partition coefficient (Wildman–Crippen LogP) is 1.68. The maximum atomic E-state index is 11.8. The first-order valence-corrected chi connectivity index (χ1v) is 7.90. The molecule has 23 heavy (non-hydrogen) atoms.